The molecule has 11 heteroatoms. The van der Waals surface area contributed by atoms with Crippen LogP contribution in [-0.2, 0) is 11.6 Å². The van der Waals surface area contributed by atoms with Crippen molar-refractivity contribution in [1.82, 2.24) is 24.8 Å². The van der Waals surface area contributed by atoms with Gasteiger partial charge in [-0.05, 0) is 19.4 Å². The Labute approximate surface area is 189 Å². The Balaban J connectivity index is 1.49. The number of aromatic amines is 1. The normalized spacial score (nSPS) is 15.9. The Hall–Kier alpha value is -2.14. The number of hydrogen-bond donors (Lipinski definition) is 1. The van der Waals surface area contributed by atoms with Gasteiger partial charge in [-0.25, -0.2) is 15.0 Å². The van der Waals surface area contributed by atoms with Crippen LogP contribution >= 0.6 is 11.8 Å². The Morgan fingerprint density at radius 2 is 1.81 bits per heavy atom. The van der Waals surface area contributed by atoms with E-state index in [1.165, 1.54) is 24.0 Å². The number of rotatable bonds is 7. The minimum atomic E-state index is -4.50. The predicted molar refractivity (Wildman–Crippen MR) is 119 cm³/mol. The van der Waals surface area contributed by atoms with Crippen molar-refractivity contribution in [1.29, 1.82) is 0 Å². The summed E-state index contributed by atoms with van der Waals surface area (Å²) in [5.41, 5.74) is -1.61. The van der Waals surface area contributed by atoms with Crippen molar-refractivity contribution in [2.24, 2.45) is 0 Å². The monoisotopic (exact) mass is 470 g/mol. The zero-order valence-corrected chi connectivity index (χ0v) is 19.4. The van der Waals surface area contributed by atoms with E-state index in [9.17, 15) is 18.0 Å². The smallest absolute Gasteiger partial charge is 0.354 e. The minimum absolute atomic E-state index is 0.152. The molecule has 0 amide bonds. The molecule has 1 fully saturated rings. The van der Waals surface area contributed by atoms with Gasteiger partial charge < -0.3 is 9.88 Å². The topological polar surface area (TPSA) is 78.0 Å². The van der Waals surface area contributed by atoms with Crippen molar-refractivity contribution in [3.8, 4) is 0 Å². The molecule has 0 aromatic carbocycles. The van der Waals surface area contributed by atoms with Crippen LogP contribution in [0, 0.1) is 0 Å². The van der Waals surface area contributed by atoms with E-state index in [0.717, 1.165) is 44.3 Å². The number of H-pyrrole nitrogens is 1. The molecule has 3 heterocycles. The quantitative estimate of drug-likeness (QED) is 0.377. The van der Waals surface area contributed by atoms with E-state index in [0.29, 0.717) is 24.1 Å². The lowest BCUT2D eigenvalue weighted by Crippen LogP contribution is -2.47. The lowest BCUT2D eigenvalue weighted by Gasteiger charge is -2.36. The summed E-state index contributed by atoms with van der Waals surface area (Å²) in [5, 5.41) is 0.629. The first-order valence-corrected chi connectivity index (χ1v) is 11.6. The second-order valence-corrected chi connectivity index (χ2v) is 9.89. The maximum atomic E-state index is 13.4. The number of thioether (sulfide) groups is 1. The fraction of sp³-hybridized carbons (Fsp3) is 0.619. The van der Waals surface area contributed by atoms with E-state index in [-0.39, 0.29) is 11.4 Å². The van der Waals surface area contributed by atoms with Crippen molar-refractivity contribution in [3.05, 3.63) is 40.2 Å². The van der Waals surface area contributed by atoms with Crippen LogP contribution in [0.4, 0.5) is 19.0 Å². The summed E-state index contributed by atoms with van der Waals surface area (Å²) < 4.78 is 40.1. The first kappa shape index (κ1) is 24.5. The van der Waals surface area contributed by atoms with E-state index in [1.807, 2.05) is 25.7 Å². The van der Waals surface area contributed by atoms with Crippen LogP contribution < -0.4 is 10.5 Å². The Kier molecular flexibility index (Phi) is 7.81. The maximum Gasteiger partial charge on any atom is 0.433 e. The third-order valence-electron chi connectivity index (χ3n) is 5.13. The molecule has 7 nitrogen and oxygen atoms in total. The van der Waals surface area contributed by atoms with Crippen molar-refractivity contribution in [2.75, 3.05) is 43.4 Å². The van der Waals surface area contributed by atoms with Crippen molar-refractivity contribution in [3.63, 3.8) is 0 Å². The summed E-state index contributed by atoms with van der Waals surface area (Å²) in [6.45, 7) is 9.17. The van der Waals surface area contributed by atoms with Crippen LogP contribution in [0.1, 0.15) is 45.1 Å². The summed E-state index contributed by atoms with van der Waals surface area (Å²) in [6.07, 6.45) is -1.01. The third kappa shape index (κ3) is 6.93. The number of unbranched alkanes of at least 4 members (excludes halogenated alkanes) is 1. The summed E-state index contributed by atoms with van der Waals surface area (Å²) in [4.78, 5) is 30.5. The van der Waals surface area contributed by atoms with Crippen molar-refractivity contribution in [2.45, 2.75) is 50.4 Å². The number of alkyl halides is 3. The third-order valence-corrected chi connectivity index (χ3v) is 6.10. The van der Waals surface area contributed by atoms with Gasteiger partial charge in [0.25, 0.3) is 5.56 Å². The summed E-state index contributed by atoms with van der Waals surface area (Å²) >= 11 is 1.53. The first-order chi connectivity index (χ1) is 15.0. The number of nitrogens with zero attached hydrogens (tertiary/aromatic N) is 5. The number of anilines is 1. The molecule has 32 heavy (non-hydrogen) atoms. The van der Waals surface area contributed by atoms with Crippen LogP contribution in [-0.4, -0.2) is 63.3 Å². The highest BCUT2D eigenvalue weighted by Gasteiger charge is 2.35. The molecule has 0 aliphatic carbocycles. The minimum Gasteiger partial charge on any atom is -0.354 e. The van der Waals surface area contributed by atoms with Crippen LogP contribution in [0.15, 0.2) is 28.3 Å². The molecule has 0 radical (unpaired) electrons. The first-order valence-electron chi connectivity index (χ1n) is 10.6. The molecule has 1 aliphatic heterocycles. The molecule has 0 bridgehead atoms. The molecule has 2 aromatic heterocycles. The molecule has 2 aromatic rings. The van der Waals surface area contributed by atoms with Gasteiger partial charge in [-0.1, -0.05) is 32.5 Å². The second-order valence-electron chi connectivity index (χ2n) is 8.81. The highest BCUT2D eigenvalue weighted by atomic mass is 32.2. The lowest BCUT2D eigenvalue weighted by atomic mass is 9.95. The molecule has 1 saturated heterocycles. The van der Waals surface area contributed by atoms with E-state index < -0.39 is 17.3 Å². The molecular formula is C21H29F3N6OS. The average Bonchev–Trinajstić information content (AvgIpc) is 2.72. The molecular weight excluding hydrogens is 441 g/mol. The van der Waals surface area contributed by atoms with E-state index in [1.54, 1.807) is 0 Å². The van der Waals surface area contributed by atoms with Crippen molar-refractivity contribution >= 4 is 17.6 Å². The Morgan fingerprint density at radius 1 is 1.09 bits per heavy atom. The van der Waals surface area contributed by atoms with Gasteiger partial charge >= 0.3 is 6.18 Å². The van der Waals surface area contributed by atoms with Gasteiger partial charge in [0.15, 0.2) is 5.16 Å². The lowest BCUT2D eigenvalue weighted by molar-refractivity contribution is -0.141. The molecule has 0 saturated carbocycles. The molecule has 176 valence electrons. The fourth-order valence-corrected chi connectivity index (χ4v) is 4.16. The second kappa shape index (κ2) is 10.2. The molecule has 1 N–H and O–H groups in total. The summed E-state index contributed by atoms with van der Waals surface area (Å²) in [6, 6.07) is 2.45. The zero-order valence-electron chi connectivity index (χ0n) is 18.6. The van der Waals surface area contributed by atoms with Crippen LogP contribution in [0.3, 0.4) is 0 Å². The molecule has 0 spiro atoms. The maximum absolute atomic E-state index is 13.4. The number of aromatic nitrogens is 4. The number of piperazine rings is 1. The highest BCUT2D eigenvalue weighted by molar-refractivity contribution is 7.99. The molecule has 1 aliphatic rings. The van der Waals surface area contributed by atoms with Crippen LogP contribution in [0.2, 0.25) is 0 Å². The predicted octanol–water partition coefficient (Wildman–Crippen LogP) is 3.57. The van der Waals surface area contributed by atoms with E-state index in [4.69, 9.17) is 0 Å². The Morgan fingerprint density at radius 3 is 2.44 bits per heavy atom. The van der Waals surface area contributed by atoms with Gasteiger partial charge in [-0.15, -0.1) is 0 Å². The highest BCUT2D eigenvalue weighted by Crippen LogP contribution is 2.32. The fourth-order valence-electron chi connectivity index (χ4n) is 3.31. The van der Waals surface area contributed by atoms with Gasteiger partial charge in [0.05, 0.1) is 0 Å². The van der Waals surface area contributed by atoms with E-state index in [2.05, 4.69) is 24.8 Å². The van der Waals surface area contributed by atoms with Gasteiger partial charge in [0.1, 0.15) is 17.3 Å². The van der Waals surface area contributed by atoms with Gasteiger partial charge in [-0.2, -0.15) is 13.2 Å². The standard InChI is InChI=1S/C21H29F3N6OS/c1-20(2,3)18-26-15(21(22,23)24)14-16(27-18)30-11-9-29(10-12-30)8-4-5-13-32-19-25-7-6-17(31)28-19/h6-7,14H,4-5,8-13H2,1-3H3,(H,25,28,31). The van der Waals surface area contributed by atoms with Crippen LogP contribution in [0.25, 0.3) is 0 Å². The molecule has 0 atom stereocenters. The number of halogens is 3. The number of nitrogens with one attached hydrogen (secondary N) is 1. The van der Waals surface area contributed by atoms with Gasteiger partial charge in [0, 0.05) is 55.7 Å². The molecule has 0 unspecified atom stereocenters. The average molecular weight is 471 g/mol. The zero-order chi connectivity index (χ0) is 23.4. The SMILES string of the molecule is CC(C)(C)c1nc(N2CCN(CCCCSc3nccc(=O)[nH]3)CC2)cc(C(F)(F)F)n1. The van der Waals surface area contributed by atoms with Gasteiger partial charge in [0.2, 0.25) is 0 Å². The summed E-state index contributed by atoms with van der Waals surface area (Å²) in [7, 11) is 0. The number of hydrogen-bond acceptors (Lipinski definition) is 7. The molecule has 3 rings (SSSR count). The van der Waals surface area contributed by atoms with Crippen molar-refractivity contribution < 1.29 is 13.2 Å². The summed E-state index contributed by atoms with van der Waals surface area (Å²) in [5.74, 6) is 1.41. The van der Waals surface area contributed by atoms with Crippen LogP contribution in [0.5, 0.6) is 0 Å². The Bertz CT molecular complexity index is 919. The van der Waals surface area contributed by atoms with E-state index >= 15 is 0 Å². The largest absolute Gasteiger partial charge is 0.433 e. The van der Waals surface area contributed by atoms with Gasteiger partial charge in [-0.3, -0.25) is 9.69 Å².